The van der Waals surface area contributed by atoms with Crippen LogP contribution in [0.25, 0.3) is 0 Å². The van der Waals surface area contributed by atoms with Gasteiger partial charge in [0.2, 0.25) is 10.0 Å². The highest BCUT2D eigenvalue weighted by atomic mass is 32.2. The van der Waals surface area contributed by atoms with Crippen molar-refractivity contribution in [2.45, 2.75) is 10.9 Å². The molecule has 0 amide bonds. The number of aryl methyl sites for hydroxylation is 2. The molecule has 1 aliphatic heterocycles. The van der Waals surface area contributed by atoms with E-state index in [1.807, 2.05) is 11.6 Å². The lowest BCUT2D eigenvalue weighted by molar-refractivity contribution is 0.0590. The summed E-state index contributed by atoms with van der Waals surface area (Å²) < 4.78 is 35.7. The topological polar surface area (TPSA) is 98.5 Å². The fourth-order valence-corrected chi connectivity index (χ4v) is 4.67. The van der Waals surface area contributed by atoms with Crippen molar-refractivity contribution in [1.82, 2.24) is 23.7 Å². The molecule has 3 rings (SSSR count). The summed E-state index contributed by atoms with van der Waals surface area (Å²) in [5.41, 5.74) is 0.185. The average Bonchev–Trinajstić information content (AvgIpc) is 3.20. The smallest absolute Gasteiger partial charge is 0.354 e. The Hall–Kier alpha value is -2.17. The summed E-state index contributed by atoms with van der Waals surface area (Å²) in [4.78, 5) is 16.1. The number of carbonyl (C=O) groups is 1. The molecule has 2 aromatic heterocycles. The summed E-state index contributed by atoms with van der Waals surface area (Å²) in [5.74, 6) is 0.0878. The van der Waals surface area contributed by atoms with Gasteiger partial charge in [-0.25, -0.2) is 18.2 Å². The maximum Gasteiger partial charge on any atom is 0.354 e. The first-order valence-electron chi connectivity index (χ1n) is 7.80. The molecule has 1 fully saturated rings. The van der Waals surface area contributed by atoms with E-state index in [-0.39, 0.29) is 10.6 Å². The predicted octanol–water partition coefficient (Wildman–Crippen LogP) is -0.120. The number of esters is 1. The van der Waals surface area contributed by atoms with Crippen molar-refractivity contribution in [3.63, 3.8) is 0 Å². The fourth-order valence-electron chi connectivity index (χ4n) is 3.01. The minimum absolute atomic E-state index is 0.0662. The molecule has 0 aromatic carbocycles. The van der Waals surface area contributed by atoms with Crippen LogP contribution < -0.4 is 5.32 Å². The summed E-state index contributed by atoms with van der Waals surface area (Å²) in [7, 11) is 0.918. The number of aromatic nitrogens is 3. The Morgan fingerprint density at radius 1 is 1.36 bits per heavy atom. The number of imidazole rings is 1. The molecule has 136 valence electrons. The van der Waals surface area contributed by atoms with Gasteiger partial charge in [-0.2, -0.15) is 4.31 Å². The highest BCUT2D eigenvalue weighted by molar-refractivity contribution is 7.89. The van der Waals surface area contributed by atoms with Gasteiger partial charge >= 0.3 is 5.97 Å². The quantitative estimate of drug-likeness (QED) is 0.757. The lowest BCUT2D eigenvalue weighted by Gasteiger charge is -2.34. The van der Waals surface area contributed by atoms with Gasteiger partial charge in [0, 0.05) is 52.3 Å². The van der Waals surface area contributed by atoms with Crippen LogP contribution in [-0.2, 0) is 28.9 Å². The molecule has 0 radical (unpaired) electrons. The first-order chi connectivity index (χ1) is 11.9. The Balaban J connectivity index is 2.00. The number of piperazine rings is 1. The molecule has 3 heterocycles. The third-order valence-corrected chi connectivity index (χ3v) is 6.21. The van der Waals surface area contributed by atoms with Crippen molar-refractivity contribution >= 4 is 16.0 Å². The molecule has 1 N–H and O–H groups in total. The van der Waals surface area contributed by atoms with E-state index in [1.54, 1.807) is 19.4 Å². The van der Waals surface area contributed by atoms with Crippen molar-refractivity contribution in [3.8, 4) is 0 Å². The predicted molar refractivity (Wildman–Crippen MR) is 89.5 cm³/mol. The SMILES string of the molecule is COC(=O)c1cc(S(=O)(=O)N2CCNCC2c2nccn2C)cn1C. The lowest BCUT2D eigenvalue weighted by atomic mass is 10.2. The van der Waals surface area contributed by atoms with E-state index in [2.05, 4.69) is 10.3 Å². The second kappa shape index (κ2) is 6.62. The van der Waals surface area contributed by atoms with Gasteiger partial charge < -0.3 is 19.2 Å². The van der Waals surface area contributed by atoms with Crippen molar-refractivity contribution in [2.75, 3.05) is 26.7 Å². The number of methoxy groups -OCH3 is 1. The van der Waals surface area contributed by atoms with E-state index >= 15 is 0 Å². The number of nitrogens with zero attached hydrogens (tertiary/aromatic N) is 4. The van der Waals surface area contributed by atoms with E-state index in [4.69, 9.17) is 4.74 Å². The number of rotatable bonds is 4. The van der Waals surface area contributed by atoms with Crippen LogP contribution in [0.1, 0.15) is 22.4 Å². The van der Waals surface area contributed by atoms with Gasteiger partial charge in [0.1, 0.15) is 16.4 Å². The first-order valence-corrected chi connectivity index (χ1v) is 9.24. The molecule has 1 unspecified atom stereocenters. The molecule has 1 aliphatic rings. The van der Waals surface area contributed by atoms with Gasteiger partial charge in [0.05, 0.1) is 13.2 Å². The number of carbonyl (C=O) groups excluding carboxylic acids is 1. The van der Waals surface area contributed by atoms with Crippen molar-refractivity contribution in [1.29, 1.82) is 0 Å². The molecule has 10 heteroatoms. The summed E-state index contributed by atoms with van der Waals surface area (Å²) in [6, 6.07) is 0.930. The lowest BCUT2D eigenvalue weighted by Crippen LogP contribution is -2.49. The number of ether oxygens (including phenoxy) is 1. The minimum Gasteiger partial charge on any atom is -0.464 e. The molecule has 1 atom stereocenters. The van der Waals surface area contributed by atoms with E-state index in [9.17, 15) is 13.2 Å². The number of hydrogen-bond donors (Lipinski definition) is 1. The highest BCUT2D eigenvalue weighted by Crippen LogP contribution is 2.28. The molecule has 1 saturated heterocycles. The second-order valence-electron chi connectivity index (χ2n) is 5.90. The molecular formula is C15H21N5O4S. The fraction of sp³-hybridized carbons (Fsp3) is 0.467. The minimum atomic E-state index is -3.79. The van der Waals surface area contributed by atoms with Crippen molar-refractivity contribution in [2.24, 2.45) is 14.1 Å². The van der Waals surface area contributed by atoms with Crippen molar-refractivity contribution in [3.05, 3.63) is 36.2 Å². The number of hydrogen-bond acceptors (Lipinski definition) is 6. The maximum atomic E-state index is 13.2. The Kier molecular flexibility index (Phi) is 4.67. The van der Waals surface area contributed by atoms with Gasteiger partial charge in [0.15, 0.2) is 0 Å². The van der Waals surface area contributed by atoms with Crippen LogP contribution in [0.5, 0.6) is 0 Å². The van der Waals surface area contributed by atoms with Crippen molar-refractivity contribution < 1.29 is 17.9 Å². The summed E-state index contributed by atoms with van der Waals surface area (Å²) in [5, 5.41) is 3.21. The van der Waals surface area contributed by atoms with Gasteiger partial charge in [0.25, 0.3) is 0 Å². The molecule has 0 spiro atoms. The van der Waals surface area contributed by atoms with E-state index in [0.29, 0.717) is 25.5 Å². The van der Waals surface area contributed by atoms with Crippen LogP contribution >= 0.6 is 0 Å². The molecule has 2 aromatic rings. The van der Waals surface area contributed by atoms with Crippen LogP contribution in [0.4, 0.5) is 0 Å². The van der Waals surface area contributed by atoms with Crippen LogP contribution in [-0.4, -0.2) is 59.6 Å². The monoisotopic (exact) mass is 367 g/mol. The normalized spacial score (nSPS) is 19.1. The largest absolute Gasteiger partial charge is 0.464 e. The average molecular weight is 367 g/mol. The Morgan fingerprint density at radius 2 is 2.12 bits per heavy atom. The van der Waals surface area contributed by atoms with Gasteiger partial charge in [-0.15, -0.1) is 0 Å². The summed E-state index contributed by atoms with van der Waals surface area (Å²) in [6.45, 7) is 1.35. The molecular weight excluding hydrogens is 346 g/mol. The van der Waals surface area contributed by atoms with Gasteiger partial charge in [-0.05, 0) is 6.07 Å². The molecule has 25 heavy (non-hydrogen) atoms. The molecule has 0 bridgehead atoms. The Labute approximate surface area is 146 Å². The molecule has 0 aliphatic carbocycles. The maximum absolute atomic E-state index is 13.2. The Morgan fingerprint density at radius 3 is 2.76 bits per heavy atom. The third-order valence-electron chi connectivity index (χ3n) is 4.33. The second-order valence-corrected chi connectivity index (χ2v) is 7.79. The van der Waals surface area contributed by atoms with E-state index < -0.39 is 22.0 Å². The zero-order valence-electron chi connectivity index (χ0n) is 14.3. The van der Waals surface area contributed by atoms with Crippen LogP contribution in [0.2, 0.25) is 0 Å². The zero-order valence-corrected chi connectivity index (χ0v) is 15.2. The first kappa shape index (κ1) is 17.6. The van der Waals surface area contributed by atoms with E-state index in [0.717, 1.165) is 0 Å². The van der Waals surface area contributed by atoms with E-state index in [1.165, 1.54) is 28.2 Å². The Bertz CT molecular complexity index is 886. The summed E-state index contributed by atoms with van der Waals surface area (Å²) >= 11 is 0. The number of nitrogens with one attached hydrogen (secondary N) is 1. The molecule has 9 nitrogen and oxygen atoms in total. The number of sulfonamides is 1. The molecule has 0 saturated carbocycles. The zero-order chi connectivity index (χ0) is 18.2. The van der Waals surface area contributed by atoms with Gasteiger partial charge in [-0.1, -0.05) is 0 Å². The van der Waals surface area contributed by atoms with Crippen LogP contribution in [0.3, 0.4) is 0 Å². The van der Waals surface area contributed by atoms with Crippen LogP contribution in [0.15, 0.2) is 29.6 Å². The van der Waals surface area contributed by atoms with Gasteiger partial charge in [-0.3, -0.25) is 0 Å². The standard InChI is InChI=1S/C15H21N5O4S/c1-18-6-5-17-14(18)13-9-16-4-7-20(13)25(22,23)11-8-12(15(21)24-3)19(2)10-11/h5-6,8,10,13,16H,4,7,9H2,1-3H3. The highest BCUT2D eigenvalue weighted by Gasteiger charge is 2.37. The third kappa shape index (κ3) is 3.08. The van der Waals surface area contributed by atoms with Crippen LogP contribution in [0, 0.1) is 0 Å². The summed E-state index contributed by atoms with van der Waals surface area (Å²) in [6.07, 6.45) is 4.86.